The van der Waals surface area contributed by atoms with Crippen molar-refractivity contribution in [3.8, 4) is 16.8 Å². The Kier molecular flexibility index (Phi) is 6.55. The van der Waals surface area contributed by atoms with Gasteiger partial charge >= 0.3 is 0 Å². The first-order valence-electron chi connectivity index (χ1n) is 18.1. The molecule has 0 unspecified atom stereocenters. The molecule has 11 aromatic rings. The molecule has 2 aromatic heterocycles. The molecule has 0 saturated heterocycles. The second-order valence-corrected chi connectivity index (χ2v) is 13.7. The van der Waals surface area contributed by atoms with Gasteiger partial charge in [-0.05, 0) is 77.0 Å². The summed E-state index contributed by atoms with van der Waals surface area (Å²) < 4.78 is 9.02. The van der Waals surface area contributed by atoms with Crippen molar-refractivity contribution in [3.63, 3.8) is 0 Å². The van der Waals surface area contributed by atoms with Gasteiger partial charge in [0.05, 0.1) is 22.4 Å². The zero-order chi connectivity index (χ0) is 34.9. The smallest absolute Gasteiger partial charge is 0.143 e. The van der Waals surface area contributed by atoms with Crippen molar-refractivity contribution in [2.75, 3.05) is 4.90 Å². The van der Waals surface area contributed by atoms with E-state index in [9.17, 15) is 0 Å². The van der Waals surface area contributed by atoms with Gasteiger partial charge in [-0.1, -0.05) is 133 Å². The van der Waals surface area contributed by atoms with E-state index in [-0.39, 0.29) is 0 Å². The Morgan fingerprint density at radius 3 is 1.72 bits per heavy atom. The predicted molar refractivity (Wildman–Crippen MR) is 223 cm³/mol. The predicted octanol–water partition coefficient (Wildman–Crippen LogP) is 14.1. The first-order chi connectivity index (χ1) is 26.3. The van der Waals surface area contributed by atoms with Gasteiger partial charge in [-0.15, -0.1) is 0 Å². The summed E-state index contributed by atoms with van der Waals surface area (Å²) in [6.07, 6.45) is 0. The van der Waals surface area contributed by atoms with E-state index < -0.39 is 0 Å². The molecule has 0 spiro atoms. The molecule has 2 heterocycles. The van der Waals surface area contributed by atoms with Crippen LogP contribution in [-0.4, -0.2) is 4.57 Å². The molecule has 11 rings (SSSR count). The Balaban J connectivity index is 1.15. The summed E-state index contributed by atoms with van der Waals surface area (Å²) in [6.45, 7) is 0. The molecule has 0 aliphatic rings. The van der Waals surface area contributed by atoms with Crippen LogP contribution >= 0.6 is 0 Å². The number of benzene rings is 9. The fourth-order valence-corrected chi connectivity index (χ4v) is 8.44. The van der Waals surface area contributed by atoms with E-state index in [2.05, 4.69) is 204 Å². The molecule has 0 amide bonds. The number of hydrogen-bond donors (Lipinski definition) is 0. The van der Waals surface area contributed by atoms with Crippen molar-refractivity contribution < 1.29 is 4.42 Å². The van der Waals surface area contributed by atoms with E-state index in [1.54, 1.807) is 0 Å². The lowest BCUT2D eigenvalue weighted by atomic mass is 9.96. The van der Waals surface area contributed by atoms with Crippen molar-refractivity contribution in [2.45, 2.75) is 0 Å². The molecule has 0 aliphatic heterocycles. The van der Waals surface area contributed by atoms with Crippen LogP contribution in [0.4, 0.5) is 17.1 Å². The topological polar surface area (TPSA) is 21.3 Å². The minimum absolute atomic E-state index is 0.885. The number of hydrogen-bond acceptors (Lipinski definition) is 2. The molecule has 0 bridgehead atoms. The standard InChI is InChI=1S/C50H32N2O/c1-3-16-37-33(13-1)15-11-25-44(37)51(35-28-30-36(31-29-35)52-45-22-8-5-18-39(45)40-19-6-9-23-46(40)52)47-24-10-7-20-41(47)42-21-12-26-48-49(42)43-32-27-34-14-2-4-17-38(34)50(43)53-48/h1-32H. The quantitative estimate of drug-likeness (QED) is 0.181. The summed E-state index contributed by atoms with van der Waals surface area (Å²) in [5.74, 6) is 0. The van der Waals surface area contributed by atoms with E-state index in [0.717, 1.165) is 61.2 Å². The number of aromatic nitrogens is 1. The fraction of sp³-hybridized carbons (Fsp3) is 0. The SMILES string of the molecule is c1ccc(N(c2ccc(-n3c4ccccc4c4ccccc43)cc2)c2cccc3ccccc23)c(-c2cccc3oc4c5ccccc5ccc4c23)c1. The molecule has 53 heavy (non-hydrogen) atoms. The number of nitrogens with zero attached hydrogens (tertiary/aromatic N) is 2. The van der Waals surface area contributed by atoms with Crippen LogP contribution in [0.2, 0.25) is 0 Å². The summed E-state index contributed by atoms with van der Waals surface area (Å²) in [4.78, 5) is 2.42. The lowest BCUT2D eigenvalue weighted by molar-refractivity contribution is 0.673. The van der Waals surface area contributed by atoms with E-state index in [0.29, 0.717) is 0 Å². The van der Waals surface area contributed by atoms with Crippen molar-refractivity contribution in [2.24, 2.45) is 0 Å². The molecule has 3 nitrogen and oxygen atoms in total. The van der Waals surface area contributed by atoms with Gasteiger partial charge in [0.2, 0.25) is 0 Å². The Bertz CT molecular complexity index is 3130. The lowest BCUT2D eigenvalue weighted by Gasteiger charge is -2.29. The molecule has 248 valence electrons. The van der Waals surface area contributed by atoms with Gasteiger partial charge in [-0.3, -0.25) is 0 Å². The molecule has 0 atom stereocenters. The minimum atomic E-state index is 0.885. The Labute approximate surface area is 306 Å². The highest BCUT2D eigenvalue weighted by atomic mass is 16.3. The van der Waals surface area contributed by atoms with Gasteiger partial charge < -0.3 is 13.9 Å². The highest BCUT2D eigenvalue weighted by Crippen LogP contribution is 2.47. The van der Waals surface area contributed by atoms with Gasteiger partial charge in [-0.25, -0.2) is 0 Å². The van der Waals surface area contributed by atoms with Gasteiger partial charge in [0, 0.05) is 49.3 Å². The van der Waals surface area contributed by atoms with Crippen LogP contribution < -0.4 is 4.90 Å². The van der Waals surface area contributed by atoms with Crippen molar-refractivity contribution in [3.05, 3.63) is 194 Å². The van der Waals surface area contributed by atoms with Gasteiger partial charge in [0.25, 0.3) is 0 Å². The van der Waals surface area contributed by atoms with Crippen LogP contribution in [0.15, 0.2) is 199 Å². The van der Waals surface area contributed by atoms with Crippen LogP contribution in [0.3, 0.4) is 0 Å². The number of furan rings is 1. The van der Waals surface area contributed by atoms with Gasteiger partial charge in [0.1, 0.15) is 11.2 Å². The average molecular weight is 677 g/mol. The summed E-state index contributed by atoms with van der Waals surface area (Å²) >= 11 is 0. The Hall–Kier alpha value is -7.10. The van der Waals surface area contributed by atoms with Crippen molar-refractivity contribution >= 4 is 82.4 Å². The van der Waals surface area contributed by atoms with E-state index in [1.807, 2.05) is 0 Å². The first kappa shape index (κ1) is 29.6. The number of fused-ring (bicyclic) bond motifs is 9. The monoisotopic (exact) mass is 676 g/mol. The minimum Gasteiger partial charge on any atom is -0.455 e. The van der Waals surface area contributed by atoms with Crippen LogP contribution in [-0.2, 0) is 0 Å². The van der Waals surface area contributed by atoms with Crippen LogP contribution in [0.5, 0.6) is 0 Å². The van der Waals surface area contributed by atoms with Crippen LogP contribution in [0.25, 0.3) is 82.1 Å². The summed E-state index contributed by atoms with van der Waals surface area (Å²) in [5.41, 5.74) is 10.9. The highest BCUT2D eigenvalue weighted by molar-refractivity contribution is 6.20. The van der Waals surface area contributed by atoms with E-state index >= 15 is 0 Å². The highest BCUT2D eigenvalue weighted by Gasteiger charge is 2.22. The maximum absolute atomic E-state index is 6.65. The lowest BCUT2D eigenvalue weighted by Crippen LogP contribution is -2.12. The molecular formula is C50H32N2O. The second kappa shape index (κ2) is 11.7. The molecule has 0 aliphatic carbocycles. The molecule has 0 N–H and O–H groups in total. The van der Waals surface area contributed by atoms with E-state index in [4.69, 9.17) is 4.42 Å². The molecular weight excluding hydrogens is 645 g/mol. The molecule has 0 fully saturated rings. The third kappa shape index (κ3) is 4.54. The third-order valence-electron chi connectivity index (χ3n) is 10.8. The Morgan fingerprint density at radius 1 is 0.377 bits per heavy atom. The molecule has 3 heteroatoms. The van der Waals surface area contributed by atoms with Crippen molar-refractivity contribution in [1.29, 1.82) is 0 Å². The zero-order valence-corrected chi connectivity index (χ0v) is 28.8. The summed E-state index contributed by atoms with van der Waals surface area (Å²) in [5, 5.41) is 9.45. The maximum Gasteiger partial charge on any atom is 0.143 e. The first-order valence-corrected chi connectivity index (χ1v) is 18.1. The zero-order valence-electron chi connectivity index (χ0n) is 28.8. The summed E-state index contributed by atoms with van der Waals surface area (Å²) in [7, 11) is 0. The number of para-hydroxylation sites is 3. The Morgan fingerprint density at radius 2 is 0.943 bits per heavy atom. The number of anilines is 3. The largest absolute Gasteiger partial charge is 0.455 e. The van der Waals surface area contributed by atoms with E-state index in [1.165, 1.54) is 38.0 Å². The second-order valence-electron chi connectivity index (χ2n) is 13.7. The number of rotatable bonds is 5. The van der Waals surface area contributed by atoms with Crippen LogP contribution in [0, 0.1) is 0 Å². The molecule has 0 radical (unpaired) electrons. The molecule has 9 aromatic carbocycles. The normalized spacial score (nSPS) is 11.8. The average Bonchev–Trinajstić information content (AvgIpc) is 3.78. The summed E-state index contributed by atoms with van der Waals surface area (Å²) in [6, 6.07) is 69.7. The van der Waals surface area contributed by atoms with Crippen LogP contribution in [0.1, 0.15) is 0 Å². The van der Waals surface area contributed by atoms with Gasteiger partial charge in [0.15, 0.2) is 0 Å². The fourth-order valence-electron chi connectivity index (χ4n) is 8.44. The molecule has 0 saturated carbocycles. The maximum atomic E-state index is 6.65. The van der Waals surface area contributed by atoms with Gasteiger partial charge in [-0.2, -0.15) is 0 Å². The third-order valence-corrected chi connectivity index (χ3v) is 10.8. The van der Waals surface area contributed by atoms with Crippen molar-refractivity contribution in [1.82, 2.24) is 4.57 Å².